The number of morpholine rings is 1. The van der Waals surface area contributed by atoms with Crippen LogP contribution in [0.5, 0.6) is 0 Å². The number of hydrogen-bond donors (Lipinski definition) is 0. The summed E-state index contributed by atoms with van der Waals surface area (Å²) in [6.07, 6.45) is 0.555. The second-order valence-corrected chi connectivity index (χ2v) is 6.85. The molecule has 0 unspecified atom stereocenters. The van der Waals surface area contributed by atoms with E-state index in [0.717, 1.165) is 11.3 Å². The number of aromatic nitrogens is 1. The summed E-state index contributed by atoms with van der Waals surface area (Å²) in [5.74, 6) is 0.551. The predicted octanol–water partition coefficient (Wildman–Crippen LogP) is 3.54. The van der Waals surface area contributed by atoms with Crippen molar-refractivity contribution in [3.8, 4) is 0 Å². The predicted molar refractivity (Wildman–Crippen MR) is 90.9 cm³/mol. The minimum atomic E-state index is -0.378. The highest BCUT2D eigenvalue weighted by molar-refractivity contribution is 5.96. The summed E-state index contributed by atoms with van der Waals surface area (Å²) < 4.78 is 11.3. The van der Waals surface area contributed by atoms with Crippen LogP contribution in [0.25, 0.3) is 0 Å². The SMILES string of the molecule is CCc1noc(C)c1C(=O)N1C[C@@H](c2ccccc2)OCC1(C)C. The maximum absolute atomic E-state index is 13.2. The number of hydrogen-bond acceptors (Lipinski definition) is 4. The van der Waals surface area contributed by atoms with Gasteiger partial charge in [0.15, 0.2) is 0 Å². The van der Waals surface area contributed by atoms with E-state index in [1.807, 2.05) is 56.0 Å². The van der Waals surface area contributed by atoms with Crippen LogP contribution in [0.2, 0.25) is 0 Å². The molecule has 5 nitrogen and oxygen atoms in total. The van der Waals surface area contributed by atoms with E-state index in [2.05, 4.69) is 5.16 Å². The number of benzene rings is 1. The zero-order valence-corrected chi connectivity index (χ0v) is 14.7. The minimum absolute atomic E-state index is 0.0279. The number of amides is 1. The molecule has 24 heavy (non-hydrogen) atoms. The van der Waals surface area contributed by atoms with Gasteiger partial charge in [0, 0.05) is 0 Å². The minimum Gasteiger partial charge on any atom is -0.369 e. The lowest BCUT2D eigenvalue weighted by atomic mass is 9.96. The first-order valence-electron chi connectivity index (χ1n) is 8.37. The number of carbonyl (C=O) groups is 1. The van der Waals surface area contributed by atoms with Crippen LogP contribution in [-0.4, -0.2) is 34.7 Å². The zero-order valence-electron chi connectivity index (χ0n) is 14.7. The van der Waals surface area contributed by atoms with E-state index in [-0.39, 0.29) is 17.6 Å². The van der Waals surface area contributed by atoms with Crippen LogP contribution in [0.3, 0.4) is 0 Å². The first kappa shape index (κ1) is 16.7. The van der Waals surface area contributed by atoms with Crippen LogP contribution in [0.1, 0.15) is 54.3 Å². The van der Waals surface area contributed by atoms with Crippen LogP contribution in [0.4, 0.5) is 0 Å². The third-order valence-corrected chi connectivity index (χ3v) is 4.62. The van der Waals surface area contributed by atoms with Crippen molar-refractivity contribution in [3.05, 3.63) is 52.9 Å². The molecular weight excluding hydrogens is 304 g/mol. The van der Waals surface area contributed by atoms with Gasteiger partial charge in [0.2, 0.25) is 0 Å². The average Bonchev–Trinajstić information content (AvgIpc) is 2.95. The molecule has 0 radical (unpaired) electrons. The lowest BCUT2D eigenvalue weighted by Gasteiger charge is -2.45. The molecule has 0 spiro atoms. The molecule has 128 valence electrons. The molecule has 0 N–H and O–H groups in total. The molecular formula is C19H24N2O3. The van der Waals surface area contributed by atoms with Crippen molar-refractivity contribution in [1.29, 1.82) is 0 Å². The van der Waals surface area contributed by atoms with Crippen LogP contribution >= 0.6 is 0 Å². The Kier molecular flexibility index (Phi) is 4.45. The van der Waals surface area contributed by atoms with E-state index in [9.17, 15) is 4.79 Å². The highest BCUT2D eigenvalue weighted by Gasteiger charge is 2.40. The van der Waals surface area contributed by atoms with E-state index in [0.29, 0.717) is 30.9 Å². The Morgan fingerprint density at radius 2 is 2.04 bits per heavy atom. The van der Waals surface area contributed by atoms with Crippen molar-refractivity contribution < 1.29 is 14.1 Å². The number of ether oxygens (including phenoxy) is 1. The number of carbonyl (C=O) groups excluding carboxylic acids is 1. The Hall–Kier alpha value is -2.14. The molecule has 0 aliphatic carbocycles. The van der Waals surface area contributed by atoms with E-state index in [1.165, 1.54) is 0 Å². The van der Waals surface area contributed by atoms with Gasteiger partial charge in [-0.05, 0) is 32.8 Å². The summed E-state index contributed by atoms with van der Waals surface area (Å²) in [6.45, 7) is 8.84. The fraction of sp³-hybridized carbons (Fsp3) is 0.474. The van der Waals surface area contributed by atoms with Gasteiger partial charge in [0.1, 0.15) is 17.4 Å². The summed E-state index contributed by atoms with van der Waals surface area (Å²) in [5.41, 5.74) is 2.02. The highest BCUT2D eigenvalue weighted by atomic mass is 16.5. The smallest absolute Gasteiger partial charge is 0.260 e. The number of nitrogens with zero attached hydrogens (tertiary/aromatic N) is 2. The molecule has 0 bridgehead atoms. The maximum atomic E-state index is 13.2. The van der Waals surface area contributed by atoms with Crippen molar-refractivity contribution in [3.63, 3.8) is 0 Å². The van der Waals surface area contributed by atoms with Crippen LogP contribution in [0.15, 0.2) is 34.9 Å². The Morgan fingerprint density at radius 1 is 1.33 bits per heavy atom. The molecule has 1 amide bonds. The van der Waals surface area contributed by atoms with Crippen LogP contribution < -0.4 is 0 Å². The Bertz CT molecular complexity index is 721. The molecule has 1 aromatic heterocycles. The van der Waals surface area contributed by atoms with Gasteiger partial charge in [-0.3, -0.25) is 4.79 Å². The monoisotopic (exact) mass is 328 g/mol. The molecule has 2 aromatic rings. The topological polar surface area (TPSA) is 55.6 Å². The van der Waals surface area contributed by atoms with Gasteiger partial charge in [-0.1, -0.05) is 42.4 Å². The molecule has 1 fully saturated rings. The average molecular weight is 328 g/mol. The summed E-state index contributed by atoms with van der Waals surface area (Å²) >= 11 is 0. The fourth-order valence-electron chi connectivity index (χ4n) is 3.14. The van der Waals surface area contributed by atoms with Crippen molar-refractivity contribution in [2.45, 2.75) is 45.8 Å². The van der Waals surface area contributed by atoms with Crippen LogP contribution in [-0.2, 0) is 11.2 Å². The summed E-state index contributed by atoms with van der Waals surface area (Å²) in [4.78, 5) is 15.1. The first-order valence-corrected chi connectivity index (χ1v) is 8.37. The highest BCUT2D eigenvalue weighted by Crippen LogP contribution is 2.32. The molecule has 0 saturated carbocycles. The molecule has 3 rings (SSSR count). The van der Waals surface area contributed by atoms with E-state index < -0.39 is 0 Å². The molecule has 1 aliphatic rings. The standard InChI is InChI=1S/C19H24N2O3/c1-5-15-17(13(2)24-20-15)18(22)21-11-16(23-12-19(21,3)4)14-9-7-6-8-10-14/h6-10,16H,5,11-12H2,1-4H3/t16-/m0/s1. The van der Waals surface area contributed by atoms with Gasteiger partial charge in [0.25, 0.3) is 5.91 Å². The first-order chi connectivity index (χ1) is 11.4. The Balaban J connectivity index is 1.91. The van der Waals surface area contributed by atoms with Crippen molar-refractivity contribution in [2.24, 2.45) is 0 Å². The normalized spacial score (nSPS) is 20.2. The van der Waals surface area contributed by atoms with Crippen LogP contribution in [0, 0.1) is 6.92 Å². The van der Waals surface area contributed by atoms with Crippen molar-refractivity contribution in [1.82, 2.24) is 10.1 Å². The molecule has 1 aromatic carbocycles. The lowest BCUT2D eigenvalue weighted by Crippen LogP contribution is -2.56. The summed E-state index contributed by atoms with van der Waals surface area (Å²) in [7, 11) is 0. The second-order valence-electron chi connectivity index (χ2n) is 6.85. The van der Waals surface area contributed by atoms with Gasteiger partial charge in [-0.25, -0.2) is 0 Å². The van der Waals surface area contributed by atoms with Gasteiger partial charge in [-0.2, -0.15) is 0 Å². The lowest BCUT2D eigenvalue weighted by molar-refractivity contribution is -0.0847. The largest absolute Gasteiger partial charge is 0.369 e. The molecule has 1 atom stereocenters. The Morgan fingerprint density at radius 3 is 2.71 bits per heavy atom. The molecule has 1 saturated heterocycles. The third-order valence-electron chi connectivity index (χ3n) is 4.62. The zero-order chi connectivity index (χ0) is 17.3. The molecule has 1 aliphatic heterocycles. The van der Waals surface area contributed by atoms with Gasteiger partial charge in [-0.15, -0.1) is 0 Å². The van der Waals surface area contributed by atoms with Gasteiger partial charge < -0.3 is 14.2 Å². The molecule has 2 heterocycles. The second kappa shape index (κ2) is 6.40. The van der Waals surface area contributed by atoms with Crippen molar-refractivity contribution in [2.75, 3.05) is 13.2 Å². The summed E-state index contributed by atoms with van der Waals surface area (Å²) in [5, 5.41) is 4.02. The van der Waals surface area contributed by atoms with Gasteiger partial charge >= 0.3 is 0 Å². The van der Waals surface area contributed by atoms with Crippen molar-refractivity contribution >= 4 is 5.91 Å². The fourth-order valence-corrected chi connectivity index (χ4v) is 3.14. The van der Waals surface area contributed by atoms with E-state index in [4.69, 9.17) is 9.26 Å². The third kappa shape index (κ3) is 2.96. The number of rotatable bonds is 3. The Labute approximate surface area is 142 Å². The maximum Gasteiger partial charge on any atom is 0.260 e. The number of aryl methyl sites for hydroxylation is 2. The van der Waals surface area contributed by atoms with E-state index in [1.54, 1.807) is 6.92 Å². The van der Waals surface area contributed by atoms with E-state index >= 15 is 0 Å². The quantitative estimate of drug-likeness (QED) is 0.865. The summed E-state index contributed by atoms with van der Waals surface area (Å²) in [6, 6.07) is 10.0. The van der Waals surface area contributed by atoms with Gasteiger partial charge in [0.05, 0.1) is 24.4 Å². The molecule has 5 heteroatoms.